The molecule has 5 heteroatoms. The minimum atomic E-state index is 0.602. The van der Waals surface area contributed by atoms with Gasteiger partial charge in [-0.05, 0) is 12.1 Å². The highest BCUT2D eigenvalue weighted by molar-refractivity contribution is 5.99. The van der Waals surface area contributed by atoms with Crippen molar-refractivity contribution >= 4 is 23.4 Å². The zero-order valence-corrected chi connectivity index (χ0v) is 7.92. The van der Waals surface area contributed by atoms with E-state index in [1.165, 1.54) is 6.21 Å². The lowest BCUT2D eigenvalue weighted by Gasteiger charge is -1.92. The molecule has 0 radical (unpaired) electrons. The molecule has 1 aromatic carbocycles. The predicted molar refractivity (Wildman–Crippen MR) is 59.8 cm³/mol. The molecule has 5 nitrogen and oxygen atoms in total. The number of hydrazone groups is 2. The Hall–Kier alpha value is -2.30. The average Bonchev–Trinajstić information content (AvgIpc) is 2.62. The monoisotopic (exact) mass is 202 g/mol. The lowest BCUT2D eigenvalue weighted by molar-refractivity contribution is 0.607. The molecule has 0 spiro atoms. The summed E-state index contributed by atoms with van der Waals surface area (Å²) in [5.74, 6) is 10.8. The molecule has 0 unspecified atom stereocenters. The molecule has 0 aliphatic heterocycles. The number of rotatable bonds is 2. The molecule has 0 fully saturated rings. The maximum absolute atomic E-state index is 5.46. The van der Waals surface area contributed by atoms with Crippen molar-refractivity contribution in [3.05, 3.63) is 35.6 Å². The van der Waals surface area contributed by atoms with Crippen molar-refractivity contribution in [3.63, 3.8) is 0 Å². The van der Waals surface area contributed by atoms with Gasteiger partial charge in [-0.3, -0.25) is 0 Å². The number of hydrogen-bond donors (Lipinski definition) is 2. The second-order valence-electron chi connectivity index (χ2n) is 2.96. The molecule has 2 aromatic rings. The zero-order chi connectivity index (χ0) is 10.7. The topological polar surface area (TPSA) is 89.9 Å². The van der Waals surface area contributed by atoms with Crippen molar-refractivity contribution in [3.8, 4) is 0 Å². The molecule has 0 bridgehead atoms. The van der Waals surface area contributed by atoms with Gasteiger partial charge in [-0.2, -0.15) is 10.2 Å². The molecule has 0 saturated heterocycles. The standard InChI is InChI=1S/C10H10N4O/c11-13-5-7-2-1-3-10-9(7)4-8(15-10)6-14-12/h1-6H,11-12H2/b13-5+,14-6+. The summed E-state index contributed by atoms with van der Waals surface area (Å²) in [5, 5.41) is 7.82. The van der Waals surface area contributed by atoms with E-state index in [0.717, 1.165) is 16.5 Å². The Morgan fingerprint density at radius 3 is 2.67 bits per heavy atom. The van der Waals surface area contributed by atoms with Crippen LogP contribution < -0.4 is 11.7 Å². The van der Waals surface area contributed by atoms with Crippen LogP contribution in [0.5, 0.6) is 0 Å². The molecular formula is C10H10N4O. The second kappa shape index (κ2) is 3.83. The van der Waals surface area contributed by atoms with Crippen molar-refractivity contribution in [1.29, 1.82) is 0 Å². The van der Waals surface area contributed by atoms with E-state index in [4.69, 9.17) is 16.1 Å². The smallest absolute Gasteiger partial charge is 0.148 e. The van der Waals surface area contributed by atoms with Crippen molar-refractivity contribution in [2.24, 2.45) is 21.9 Å². The van der Waals surface area contributed by atoms with Crippen molar-refractivity contribution in [2.75, 3.05) is 0 Å². The van der Waals surface area contributed by atoms with Gasteiger partial charge in [0.2, 0.25) is 0 Å². The number of hydrogen-bond acceptors (Lipinski definition) is 5. The molecule has 1 aromatic heterocycles. The summed E-state index contributed by atoms with van der Waals surface area (Å²) in [4.78, 5) is 0. The van der Waals surface area contributed by atoms with Crippen LogP contribution in [0.3, 0.4) is 0 Å². The van der Waals surface area contributed by atoms with Crippen LogP contribution in [-0.4, -0.2) is 12.4 Å². The quantitative estimate of drug-likeness (QED) is 0.432. The van der Waals surface area contributed by atoms with Gasteiger partial charge in [0.05, 0.1) is 12.4 Å². The first-order valence-corrected chi connectivity index (χ1v) is 4.34. The summed E-state index contributed by atoms with van der Waals surface area (Å²) in [6, 6.07) is 7.46. The molecular weight excluding hydrogens is 192 g/mol. The minimum absolute atomic E-state index is 0.602. The summed E-state index contributed by atoms with van der Waals surface area (Å²) in [7, 11) is 0. The van der Waals surface area contributed by atoms with Crippen LogP contribution in [0.1, 0.15) is 11.3 Å². The highest BCUT2D eigenvalue weighted by atomic mass is 16.3. The Morgan fingerprint density at radius 2 is 1.93 bits per heavy atom. The van der Waals surface area contributed by atoms with E-state index in [9.17, 15) is 0 Å². The minimum Gasteiger partial charge on any atom is -0.455 e. The van der Waals surface area contributed by atoms with Gasteiger partial charge in [0.15, 0.2) is 0 Å². The number of nitrogens with zero attached hydrogens (tertiary/aromatic N) is 2. The summed E-state index contributed by atoms with van der Waals surface area (Å²) < 4.78 is 5.46. The third-order valence-electron chi connectivity index (χ3n) is 2.03. The first-order chi connectivity index (χ1) is 7.35. The highest BCUT2D eigenvalue weighted by Gasteiger charge is 2.04. The predicted octanol–water partition coefficient (Wildman–Crippen LogP) is 1.02. The number of benzene rings is 1. The van der Waals surface area contributed by atoms with Crippen molar-refractivity contribution in [2.45, 2.75) is 0 Å². The Morgan fingerprint density at radius 1 is 1.13 bits per heavy atom. The fourth-order valence-electron chi connectivity index (χ4n) is 1.43. The number of nitrogens with two attached hydrogens (primary N) is 2. The van der Waals surface area contributed by atoms with Gasteiger partial charge in [0.25, 0.3) is 0 Å². The molecule has 4 N–H and O–H groups in total. The molecule has 15 heavy (non-hydrogen) atoms. The lowest BCUT2D eigenvalue weighted by Crippen LogP contribution is -1.86. The average molecular weight is 202 g/mol. The normalized spacial score (nSPS) is 12.0. The van der Waals surface area contributed by atoms with E-state index < -0.39 is 0 Å². The van der Waals surface area contributed by atoms with E-state index in [1.807, 2.05) is 24.3 Å². The molecule has 0 saturated carbocycles. The van der Waals surface area contributed by atoms with Crippen LogP contribution in [0, 0.1) is 0 Å². The first kappa shape index (κ1) is 9.26. The molecule has 76 valence electrons. The summed E-state index contributed by atoms with van der Waals surface area (Å²) >= 11 is 0. The van der Waals surface area contributed by atoms with Crippen LogP contribution in [0.2, 0.25) is 0 Å². The van der Waals surface area contributed by atoms with E-state index >= 15 is 0 Å². The largest absolute Gasteiger partial charge is 0.455 e. The maximum atomic E-state index is 5.46. The number of furan rings is 1. The van der Waals surface area contributed by atoms with Gasteiger partial charge < -0.3 is 16.1 Å². The molecule has 0 amide bonds. The van der Waals surface area contributed by atoms with Gasteiger partial charge >= 0.3 is 0 Å². The number of fused-ring (bicyclic) bond motifs is 1. The Labute approximate surface area is 86.0 Å². The van der Waals surface area contributed by atoms with Gasteiger partial charge in [-0.25, -0.2) is 0 Å². The molecule has 0 aliphatic carbocycles. The third kappa shape index (κ3) is 1.67. The third-order valence-corrected chi connectivity index (χ3v) is 2.03. The van der Waals surface area contributed by atoms with Gasteiger partial charge in [-0.15, -0.1) is 0 Å². The van der Waals surface area contributed by atoms with Crippen molar-refractivity contribution < 1.29 is 4.42 Å². The summed E-state index contributed by atoms with van der Waals surface area (Å²) in [5.41, 5.74) is 1.65. The van der Waals surface area contributed by atoms with E-state index in [2.05, 4.69) is 10.2 Å². The van der Waals surface area contributed by atoms with E-state index in [-0.39, 0.29) is 0 Å². The second-order valence-corrected chi connectivity index (χ2v) is 2.96. The fourth-order valence-corrected chi connectivity index (χ4v) is 1.43. The van der Waals surface area contributed by atoms with Crippen LogP contribution >= 0.6 is 0 Å². The maximum Gasteiger partial charge on any atom is 0.148 e. The van der Waals surface area contributed by atoms with E-state index in [0.29, 0.717) is 5.76 Å². The molecule has 1 heterocycles. The zero-order valence-electron chi connectivity index (χ0n) is 7.92. The molecule has 0 aliphatic rings. The SMILES string of the molecule is N/N=C/c1cc2c(/C=N/N)cccc2o1. The van der Waals surface area contributed by atoms with Gasteiger partial charge in [0, 0.05) is 10.9 Å². The van der Waals surface area contributed by atoms with E-state index in [1.54, 1.807) is 6.21 Å². The lowest BCUT2D eigenvalue weighted by atomic mass is 10.1. The highest BCUT2D eigenvalue weighted by Crippen LogP contribution is 2.21. The first-order valence-electron chi connectivity index (χ1n) is 4.34. The molecule has 0 atom stereocenters. The fraction of sp³-hybridized carbons (Fsp3) is 0. The van der Waals surface area contributed by atoms with Crippen LogP contribution in [-0.2, 0) is 0 Å². The van der Waals surface area contributed by atoms with Crippen LogP contribution in [0.15, 0.2) is 38.9 Å². The van der Waals surface area contributed by atoms with Crippen LogP contribution in [0.25, 0.3) is 11.0 Å². The summed E-state index contributed by atoms with van der Waals surface area (Å²) in [6.07, 6.45) is 3.02. The Bertz CT molecular complexity index is 527. The van der Waals surface area contributed by atoms with Crippen molar-refractivity contribution in [1.82, 2.24) is 0 Å². The Balaban J connectivity index is 2.64. The summed E-state index contributed by atoms with van der Waals surface area (Å²) in [6.45, 7) is 0. The van der Waals surface area contributed by atoms with Gasteiger partial charge in [-0.1, -0.05) is 12.1 Å². The Kier molecular flexibility index (Phi) is 2.37. The van der Waals surface area contributed by atoms with Crippen LogP contribution in [0.4, 0.5) is 0 Å². The van der Waals surface area contributed by atoms with Gasteiger partial charge in [0.1, 0.15) is 11.3 Å². The molecule has 2 rings (SSSR count).